The van der Waals surface area contributed by atoms with Crippen LogP contribution in [0.4, 0.5) is 5.69 Å². The minimum Gasteiger partial charge on any atom is -0.493 e. The topological polar surface area (TPSA) is 71.9 Å². The smallest absolute Gasteiger partial charge is 0.343 e. The number of aryl methyl sites for hydroxylation is 1. The molecule has 0 aliphatic carbocycles. The molecule has 3 aromatic rings. The van der Waals surface area contributed by atoms with Gasteiger partial charge in [-0.1, -0.05) is 35.3 Å². The van der Waals surface area contributed by atoms with Crippen LogP contribution in [0.1, 0.15) is 21.5 Å². The van der Waals surface area contributed by atoms with E-state index in [1.165, 1.54) is 25.3 Å². The first-order valence-corrected chi connectivity index (χ1v) is 10.5. The van der Waals surface area contributed by atoms with Gasteiger partial charge in [0, 0.05) is 5.69 Å². The summed E-state index contributed by atoms with van der Waals surface area (Å²) in [5, 5.41) is 8.15. The van der Waals surface area contributed by atoms with Gasteiger partial charge >= 0.3 is 5.97 Å². The number of ether oxygens (including phenoxy) is 2. The number of carbonyl (C=O) groups excluding carboxylic acids is 1. The summed E-state index contributed by atoms with van der Waals surface area (Å²) in [6.45, 7) is 2.00. The van der Waals surface area contributed by atoms with Gasteiger partial charge in [0.1, 0.15) is 0 Å². The molecule has 164 valence electrons. The highest BCUT2D eigenvalue weighted by atomic mass is 35.5. The van der Waals surface area contributed by atoms with Crippen LogP contribution in [0.15, 0.2) is 65.8 Å². The standard InChI is InChI=1S/C23H19Cl2N3O3S/c1-14-4-3-5-17(10-14)27-23(32)28-26-13-15-6-9-20(21(11-15)30-2)31-22(29)16-7-8-18(24)19(25)12-16/h3-13H,1-2H3,(H2,27,28,32)/b26-13-. The lowest BCUT2D eigenvalue weighted by Gasteiger charge is -2.10. The first kappa shape index (κ1) is 23.5. The molecule has 32 heavy (non-hydrogen) atoms. The van der Waals surface area contributed by atoms with Gasteiger partial charge < -0.3 is 14.8 Å². The second-order valence-electron chi connectivity index (χ2n) is 6.62. The van der Waals surface area contributed by atoms with Crippen molar-refractivity contribution in [2.45, 2.75) is 6.92 Å². The van der Waals surface area contributed by atoms with E-state index in [-0.39, 0.29) is 16.3 Å². The van der Waals surface area contributed by atoms with E-state index in [2.05, 4.69) is 15.8 Å². The monoisotopic (exact) mass is 487 g/mol. The van der Waals surface area contributed by atoms with Crippen molar-refractivity contribution in [1.82, 2.24) is 5.43 Å². The van der Waals surface area contributed by atoms with Gasteiger partial charge in [0.25, 0.3) is 0 Å². The Morgan fingerprint density at radius 2 is 1.84 bits per heavy atom. The average Bonchev–Trinajstić information content (AvgIpc) is 2.76. The van der Waals surface area contributed by atoms with Gasteiger partial charge in [-0.05, 0) is 78.8 Å². The molecule has 9 heteroatoms. The third kappa shape index (κ3) is 6.43. The van der Waals surface area contributed by atoms with Crippen LogP contribution in [0, 0.1) is 6.92 Å². The molecular weight excluding hydrogens is 469 g/mol. The van der Waals surface area contributed by atoms with Crippen molar-refractivity contribution < 1.29 is 14.3 Å². The van der Waals surface area contributed by atoms with E-state index in [1.807, 2.05) is 31.2 Å². The van der Waals surface area contributed by atoms with E-state index < -0.39 is 5.97 Å². The number of hydrogen-bond acceptors (Lipinski definition) is 5. The molecule has 0 radical (unpaired) electrons. The fraction of sp³-hybridized carbons (Fsp3) is 0.0870. The Hall–Kier alpha value is -3.13. The molecule has 0 bridgehead atoms. The van der Waals surface area contributed by atoms with Crippen LogP contribution in [0.3, 0.4) is 0 Å². The van der Waals surface area contributed by atoms with E-state index in [4.69, 9.17) is 44.9 Å². The van der Waals surface area contributed by atoms with Gasteiger partial charge in [0.15, 0.2) is 16.6 Å². The van der Waals surface area contributed by atoms with Crippen molar-refractivity contribution in [3.8, 4) is 11.5 Å². The van der Waals surface area contributed by atoms with Crippen LogP contribution in [-0.2, 0) is 0 Å². The molecule has 3 rings (SSSR count). The number of nitrogens with zero attached hydrogens (tertiary/aromatic N) is 1. The predicted molar refractivity (Wildman–Crippen MR) is 133 cm³/mol. The van der Waals surface area contributed by atoms with Gasteiger partial charge in [0.05, 0.1) is 28.9 Å². The molecule has 0 aromatic heterocycles. The molecule has 0 unspecified atom stereocenters. The molecule has 0 saturated carbocycles. The summed E-state index contributed by atoms with van der Waals surface area (Å²) < 4.78 is 10.8. The third-order valence-electron chi connectivity index (χ3n) is 4.20. The zero-order valence-electron chi connectivity index (χ0n) is 17.2. The minimum atomic E-state index is -0.586. The summed E-state index contributed by atoms with van der Waals surface area (Å²) in [4.78, 5) is 12.4. The Balaban J connectivity index is 1.63. The van der Waals surface area contributed by atoms with Crippen molar-refractivity contribution in [2.75, 3.05) is 12.4 Å². The summed E-state index contributed by atoms with van der Waals surface area (Å²) >= 11 is 17.1. The Bertz CT molecular complexity index is 1180. The van der Waals surface area contributed by atoms with E-state index >= 15 is 0 Å². The van der Waals surface area contributed by atoms with Gasteiger partial charge in [-0.15, -0.1) is 0 Å². The highest BCUT2D eigenvalue weighted by Crippen LogP contribution is 2.29. The quantitative estimate of drug-likeness (QED) is 0.149. The van der Waals surface area contributed by atoms with Crippen molar-refractivity contribution in [2.24, 2.45) is 5.10 Å². The summed E-state index contributed by atoms with van der Waals surface area (Å²) in [7, 11) is 1.48. The highest BCUT2D eigenvalue weighted by molar-refractivity contribution is 7.80. The summed E-state index contributed by atoms with van der Waals surface area (Å²) in [6, 6.07) is 17.3. The van der Waals surface area contributed by atoms with Gasteiger partial charge in [0.2, 0.25) is 0 Å². The molecule has 0 amide bonds. The summed E-state index contributed by atoms with van der Waals surface area (Å²) in [5.74, 6) is 0.0330. The van der Waals surface area contributed by atoms with E-state index in [0.717, 1.165) is 11.3 Å². The number of esters is 1. The molecule has 0 saturated heterocycles. The molecule has 2 N–H and O–H groups in total. The molecule has 0 atom stereocenters. The first-order valence-electron chi connectivity index (χ1n) is 9.37. The zero-order valence-corrected chi connectivity index (χ0v) is 19.5. The van der Waals surface area contributed by atoms with E-state index in [1.54, 1.807) is 24.4 Å². The molecule has 0 aliphatic rings. The van der Waals surface area contributed by atoms with Crippen molar-refractivity contribution in [3.05, 3.63) is 87.4 Å². The molecule has 0 spiro atoms. The number of benzene rings is 3. The van der Waals surface area contributed by atoms with Gasteiger partial charge in [-0.25, -0.2) is 4.79 Å². The normalized spacial score (nSPS) is 10.6. The molecule has 0 fully saturated rings. The van der Waals surface area contributed by atoms with Crippen LogP contribution in [0.2, 0.25) is 10.0 Å². The fourth-order valence-corrected chi connectivity index (χ4v) is 3.15. The molecule has 6 nitrogen and oxygen atoms in total. The molecule has 0 aliphatic heterocycles. The first-order chi connectivity index (χ1) is 15.4. The van der Waals surface area contributed by atoms with Gasteiger partial charge in [-0.2, -0.15) is 5.10 Å². The maximum atomic E-state index is 12.4. The number of rotatable bonds is 6. The number of thiocarbonyl (C=S) groups is 1. The maximum absolute atomic E-state index is 12.4. The van der Waals surface area contributed by atoms with Gasteiger partial charge in [-0.3, -0.25) is 5.43 Å². The number of hydrazone groups is 1. The van der Waals surface area contributed by atoms with Crippen molar-refractivity contribution in [3.63, 3.8) is 0 Å². The summed E-state index contributed by atoms with van der Waals surface area (Å²) in [6.07, 6.45) is 1.57. The maximum Gasteiger partial charge on any atom is 0.343 e. The number of halogens is 2. The number of carbonyl (C=O) groups is 1. The Kier molecular flexibility index (Phi) is 8.05. The Morgan fingerprint density at radius 1 is 1.03 bits per heavy atom. The largest absolute Gasteiger partial charge is 0.493 e. The van der Waals surface area contributed by atoms with Crippen LogP contribution in [0.25, 0.3) is 0 Å². The minimum absolute atomic E-state index is 0.255. The van der Waals surface area contributed by atoms with Crippen LogP contribution < -0.4 is 20.2 Å². The predicted octanol–water partition coefficient (Wildman–Crippen LogP) is 5.85. The van der Waals surface area contributed by atoms with Crippen LogP contribution in [0.5, 0.6) is 11.5 Å². The van der Waals surface area contributed by atoms with Crippen molar-refractivity contribution >= 4 is 58.4 Å². The zero-order chi connectivity index (χ0) is 23.1. The second-order valence-corrected chi connectivity index (χ2v) is 7.84. The Morgan fingerprint density at radius 3 is 2.56 bits per heavy atom. The lowest BCUT2D eigenvalue weighted by atomic mass is 10.2. The average molecular weight is 488 g/mol. The number of methoxy groups -OCH3 is 1. The number of hydrogen-bond donors (Lipinski definition) is 2. The molecule has 0 heterocycles. The van der Waals surface area contributed by atoms with Crippen molar-refractivity contribution in [1.29, 1.82) is 0 Å². The fourth-order valence-electron chi connectivity index (χ4n) is 2.68. The third-order valence-corrected chi connectivity index (χ3v) is 5.13. The summed E-state index contributed by atoms with van der Waals surface area (Å²) in [5.41, 5.74) is 5.72. The number of anilines is 1. The van der Waals surface area contributed by atoms with Crippen LogP contribution >= 0.6 is 35.4 Å². The lowest BCUT2D eigenvalue weighted by Crippen LogP contribution is -2.23. The molecular formula is C23H19Cl2N3O3S. The highest BCUT2D eigenvalue weighted by Gasteiger charge is 2.14. The lowest BCUT2D eigenvalue weighted by molar-refractivity contribution is 0.0729. The second kappa shape index (κ2) is 10.9. The Labute approximate surface area is 201 Å². The van der Waals surface area contributed by atoms with E-state index in [9.17, 15) is 4.79 Å². The SMILES string of the molecule is COc1cc(/C=N\NC(=S)Nc2cccc(C)c2)ccc1OC(=O)c1ccc(Cl)c(Cl)c1. The number of nitrogens with one attached hydrogen (secondary N) is 2. The van der Waals surface area contributed by atoms with E-state index in [0.29, 0.717) is 21.4 Å². The molecule has 3 aromatic carbocycles. The van der Waals surface area contributed by atoms with Crippen LogP contribution in [-0.4, -0.2) is 24.4 Å².